The second kappa shape index (κ2) is 7.78. The SMILES string of the molecule is CCCNC(=O)CCNC(=O)[C@H]1Cc2ccccc2CN1. The average Bonchev–Trinajstić information content (AvgIpc) is 2.52. The minimum Gasteiger partial charge on any atom is -0.356 e. The topological polar surface area (TPSA) is 70.2 Å². The summed E-state index contributed by atoms with van der Waals surface area (Å²) < 4.78 is 0. The van der Waals surface area contributed by atoms with Crippen molar-refractivity contribution in [3.63, 3.8) is 0 Å². The summed E-state index contributed by atoms with van der Waals surface area (Å²) in [6.45, 7) is 3.79. The van der Waals surface area contributed by atoms with Crippen molar-refractivity contribution in [3.05, 3.63) is 35.4 Å². The van der Waals surface area contributed by atoms with Crippen molar-refractivity contribution >= 4 is 11.8 Å². The van der Waals surface area contributed by atoms with Gasteiger partial charge < -0.3 is 16.0 Å². The van der Waals surface area contributed by atoms with Gasteiger partial charge in [-0.25, -0.2) is 0 Å². The van der Waals surface area contributed by atoms with Crippen molar-refractivity contribution in [2.75, 3.05) is 13.1 Å². The lowest BCUT2D eigenvalue weighted by molar-refractivity contribution is -0.123. The molecule has 0 aliphatic carbocycles. The first kappa shape index (κ1) is 15.5. The quantitative estimate of drug-likeness (QED) is 0.723. The molecule has 1 aromatic carbocycles. The lowest BCUT2D eigenvalue weighted by Crippen LogP contribution is -2.48. The van der Waals surface area contributed by atoms with Crippen molar-refractivity contribution in [1.29, 1.82) is 0 Å². The molecule has 1 aliphatic rings. The van der Waals surface area contributed by atoms with E-state index >= 15 is 0 Å². The molecule has 0 radical (unpaired) electrons. The molecule has 1 aromatic rings. The summed E-state index contributed by atoms with van der Waals surface area (Å²) in [6.07, 6.45) is 1.95. The predicted molar refractivity (Wildman–Crippen MR) is 81.7 cm³/mol. The number of carbonyl (C=O) groups excluding carboxylic acids is 2. The largest absolute Gasteiger partial charge is 0.356 e. The molecule has 0 unspecified atom stereocenters. The van der Waals surface area contributed by atoms with Crippen LogP contribution in [0.5, 0.6) is 0 Å². The van der Waals surface area contributed by atoms with E-state index < -0.39 is 0 Å². The summed E-state index contributed by atoms with van der Waals surface area (Å²) in [5.41, 5.74) is 2.47. The van der Waals surface area contributed by atoms with Crippen LogP contribution in [0.15, 0.2) is 24.3 Å². The van der Waals surface area contributed by atoms with E-state index in [0.717, 1.165) is 6.42 Å². The molecule has 0 spiro atoms. The Balaban J connectivity index is 1.74. The molecule has 0 saturated carbocycles. The van der Waals surface area contributed by atoms with E-state index in [-0.39, 0.29) is 17.9 Å². The Hall–Kier alpha value is -1.88. The predicted octanol–water partition coefficient (Wildman–Crippen LogP) is 0.733. The fourth-order valence-corrected chi connectivity index (χ4v) is 2.41. The Morgan fingerprint density at radius 1 is 1.19 bits per heavy atom. The third-order valence-corrected chi connectivity index (χ3v) is 3.62. The fourth-order valence-electron chi connectivity index (χ4n) is 2.41. The van der Waals surface area contributed by atoms with Crippen molar-refractivity contribution in [2.24, 2.45) is 0 Å². The van der Waals surface area contributed by atoms with Gasteiger partial charge in [-0.2, -0.15) is 0 Å². The maximum absolute atomic E-state index is 12.1. The lowest BCUT2D eigenvalue weighted by atomic mass is 9.95. The standard InChI is InChI=1S/C16H23N3O2/c1-2-8-17-15(20)7-9-18-16(21)14-10-12-5-3-4-6-13(12)11-19-14/h3-6,14,19H,2,7-11H2,1H3,(H,17,20)(H,18,21)/t14-/m1/s1. The average molecular weight is 289 g/mol. The summed E-state index contributed by atoms with van der Waals surface area (Å²) in [5, 5.41) is 8.86. The van der Waals surface area contributed by atoms with E-state index in [0.29, 0.717) is 32.5 Å². The molecule has 2 amide bonds. The van der Waals surface area contributed by atoms with Gasteiger partial charge in [-0.1, -0.05) is 31.2 Å². The van der Waals surface area contributed by atoms with Gasteiger partial charge in [0.1, 0.15) is 0 Å². The van der Waals surface area contributed by atoms with Crippen LogP contribution in [0, 0.1) is 0 Å². The van der Waals surface area contributed by atoms with Crippen molar-refractivity contribution < 1.29 is 9.59 Å². The van der Waals surface area contributed by atoms with Gasteiger partial charge in [-0.15, -0.1) is 0 Å². The van der Waals surface area contributed by atoms with Crippen LogP contribution in [0.1, 0.15) is 30.9 Å². The van der Waals surface area contributed by atoms with Gasteiger partial charge in [0.2, 0.25) is 11.8 Å². The molecule has 1 heterocycles. The highest BCUT2D eigenvalue weighted by Gasteiger charge is 2.23. The van der Waals surface area contributed by atoms with Crippen LogP contribution in [0.4, 0.5) is 0 Å². The van der Waals surface area contributed by atoms with Crippen LogP contribution < -0.4 is 16.0 Å². The number of carbonyl (C=O) groups is 2. The molecule has 5 heteroatoms. The molecular weight excluding hydrogens is 266 g/mol. The minimum absolute atomic E-state index is 0.0147. The summed E-state index contributed by atoms with van der Waals surface area (Å²) in [5.74, 6) is -0.0492. The number of hydrogen-bond donors (Lipinski definition) is 3. The number of amides is 2. The summed E-state index contributed by atoms with van der Waals surface area (Å²) in [4.78, 5) is 23.5. The van der Waals surface area contributed by atoms with Gasteiger partial charge in [-0.3, -0.25) is 9.59 Å². The van der Waals surface area contributed by atoms with Gasteiger partial charge in [0.15, 0.2) is 0 Å². The molecule has 1 atom stereocenters. The van der Waals surface area contributed by atoms with Crippen LogP contribution in [-0.2, 0) is 22.6 Å². The van der Waals surface area contributed by atoms with Gasteiger partial charge in [-0.05, 0) is 24.0 Å². The molecule has 21 heavy (non-hydrogen) atoms. The number of nitrogens with one attached hydrogen (secondary N) is 3. The number of fused-ring (bicyclic) bond motifs is 1. The van der Waals surface area contributed by atoms with Gasteiger partial charge in [0.05, 0.1) is 6.04 Å². The highest BCUT2D eigenvalue weighted by molar-refractivity contribution is 5.83. The van der Waals surface area contributed by atoms with E-state index in [1.165, 1.54) is 11.1 Å². The Morgan fingerprint density at radius 3 is 2.71 bits per heavy atom. The Morgan fingerprint density at radius 2 is 1.95 bits per heavy atom. The second-order valence-corrected chi connectivity index (χ2v) is 5.30. The fraction of sp³-hybridized carbons (Fsp3) is 0.500. The highest BCUT2D eigenvalue weighted by Crippen LogP contribution is 2.16. The zero-order chi connectivity index (χ0) is 15.1. The molecule has 2 rings (SSSR count). The van der Waals surface area contributed by atoms with Gasteiger partial charge >= 0.3 is 0 Å². The Kier molecular flexibility index (Phi) is 5.75. The minimum atomic E-state index is -0.210. The van der Waals surface area contributed by atoms with Gasteiger partial charge in [0.25, 0.3) is 0 Å². The third-order valence-electron chi connectivity index (χ3n) is 3.62. The molecule has 5 nitrogen and oxygen atoms in total. The smallest absolute Gasteiger partial charge is 0.237 e. The molecule has 1 aliphatic heterocycles. The van der Waals surface area contributed by atoms with E-state index in [1.807, 2.05) is 19.1 Å². The van der Waals surface area contributed by atoms with Crippen LogP contribution >= 0.6 is 0 Å². The second-order valence-electron chi connectivity index (χ2n) is 5.30. The van der Waals surface area contributed by atoms with Crippen LogP contribution in [0.2, 0.25) is 0 Å². The Labute approximate surface area is 125 Å². The van der Waals surface area contributed by atoms with Crippen molar-refractivity contribution in [2.45, 2.75) is 38.8 Å². The van der Waals surface area contributed by atoms with Gasteiger partial charge in [0, 0.05) is 26.1 Å². The third kappa shape index (κ3) is 4.56. The molecule has 0 bridgehead atoms. The molecular formula is C16H23N3O2. The normalized spacial score (nSPS) is 16.9. The number of benzene rings is 1. The first-order valence-corrected chi connectivity index (χ1v) is 7.55. The maximum Gasteiger partial charge on any atom is 0.237 e. The van der Waals surface area contributed by atoms with Crippen LogP contribution in [-0.4, -0.2) is 30.9 Å². The number of hydrogen-bond acceptors (Lipinski definition) is 3. The number of rotatable bonds is 6. The maximum atomic E-state index is 12.1. The molecule has 0 aromatic heterocycles. The first-order chi connectivity index (χ1) is 10.2. The molecule has 114 valence electrons. The molecule has 3 N–H and O–H groups in total. The summed E-state index contributed by atoms with van der Waals surface area (Å²) in [6, 6.07) is 7.94. The van der Waals surface area contributed by atoms with Crippen molar-refractivity contribution in [1.82, 2.24) is 16.0 Å². The lowest BCUT2D eigenvalue weighted by Gasteiger charge is -2.25. The van der Waals surface area contributed by atoms with Crippen LogP contribution in [0.3, 0.4) is 0 Å². The monoisotopic (exact) mass is 289 g/mol. The summed E-state index contributed by atoms with van der Waals surface area (Å²) >= 11 is 0. The summed E-state index contributed by atoms with van der Waals surface area (Å²) in [7, 11) is 0. The van der Waals surface area contributed by atoms with E-state index in [1.54, 1.807) is 0 Å². The molecule has 0 fully saturated rings. The molecule has 0 saturated heterocycles. The zero-order valence-corrected chi connectivity index (χ0v) is 12.4. The van der Waals surface area contributed by atoms with E-state index in [9.17, 15) is 9.59 Å². The zero-order valence-electron chi connectivity index (χ0n) is 12.4. The van der Waals surface area contributed by atoms with E-state index in [4.69, 9.17) is 0 Å². The highest BCUT2D eigenvalue weighted by atomic mass is 16.2. The Bertz CT molecular complexity index is 502. The van der Waals surface area contributed by atoms with Crippen molar-refractivity contribution in [3.8, 4) is 0 Å². The van der Waals surface area contributed by atoms with Crippen LogP contribution in [0.25, 0.3) is 0 Å². The van der Waals surface area contributed by atoms with E-state index in [2.05, 4.69) is 28.1 Å². The first-order valence-electron chi connectivity index (χ1n) is 7.55.